The van der Waals surface area contributed by atoms with Gasteiger partial charge in [0.25, 0.3) is 0 Å². The third-order valence-electron chi connectivity index (χ3n) is 0.639. The summed E-state index contributed by atoms with van der Waals surface area (Å²) in [6, 6.07) is 0. The van der Waals surface area contributed by atoms with Crippen molar-refractivity contribution in [2.75, 3.05) is 0 Å². The summed E-state index contributed by atoms with van der Waals surface area (Å²) >= 11 is 0. The molecule has 0 unspecified atom stereocenters. The second-order valence-corrected chi connectivity index (χ2v) is 2.10. The molecule has 2 N–H and O–H groups in total. The molecule has 16 heavy (non-hydrogen) atoms. The van der Waals surface area contributed by atoms with Gasteiger partial charge in [-0.05, 0) is 13.8 Å². The van der Waals surface area contributed by atoms with E-state index in [9.17, 15) is 9.59 Å². The Labute approximate surface area is 115 Å². The van der Waals surface area contributed by atoms with E-state index < -0.39 is 5.66 Å². The quantitative estimate of drug-likeness (QED) is 0.306. The number of nitrogens with one attached hydrogen (secondary N) is 2. The maximum atomic E-state index is 9.61. The number of carbonyl (C=O) groups excluding carboxylic acids is 4. The van der Waals surface area contributed by atoms with Crippen molar-refractivity contribution >= 4 is 24.3 Å². The number of rotatable bonds is 2. The molecule has 0 aliphatic rings. The van der Waals surface area contributed by atoms with Crippen LogP contribution in [0.3, 0.4) is 0 Å². The van der Waals surface area contributed by atoms with Gasteiger partial charge in [-0.25, -0.2) is 30.0 Å². The van der Waals surface area contributed by atoms with Crippen LogP contribution in [0.25, 0.3) is 0 Å². The fraction of sp³-hybridized carbons (Fsp3) is 0.429. The van der Waals surface area contributed by atoms with E-state index in [1.165, 1.54) is 26.0 Å². The van der Waals surface area contributed by atoms with E-state index in [1.54, 1.807) is 0 Å². The summed E-state index contributed by atoms with van der Waals surface area (Å²) in [6.45, 7) is 3.01. The molecule has 0 aromatic heterocycles. The molecule has 0 spiro atoms. The van der Waals surface area contributed by atoms with Gasteiger partial charge in [0.1, 0.15) is 0 Å². The summed E-state index contributed by atoms with van der Waals surface area (Å²) in [7, 11) is 0. The largest absolute Gasteiger partial charge is 1.00 e. The van der Waals surface area contributed by atoms with Gasteiger partial charge in [-0.2, -0.15) is 9.98 Å². The Hall–Kier alpha value is -1.48. The monoisotopic (exact) mass is 236 g/mol. The van der Waals surface area contributed by atoms with Crippen LogP contribution in [0, 0.1) is 10.8 Å². The van der Waals surface area contributed by atoms with Crippen LogP contribution in [-0.4, -0.2) is 30.0 Å². The molecule has 0 rings (SSSR count). The van der Waals surface area contributed by atoms with Crippen LogP contribution in [0.5, 0.6) is 0 Å². The maximum absolute atomic E-state index is 9.61. The van der Waals surface area contributed by atoms with Crippen molar-refractivity contribution in [2.45, 2.75) is 19.5 Å². The molecular formula is C7H9N4NaO4. The van der Waals surface area contributed by atoms with E-state index in [4.69, 9.17) is 20.4 Å². The predicted molar refractivity (Wildman–Crippen MR) is 48.3 cm³/mol. The van der Waals surface area contributed by atoms with Crippen LogP contribution in [0.15, 0.2) is 9.98 Å². The van der Waals surface area contributed by atoms with Crippen LogP contribution >= 0.6 is 0 Å². The van der Waals surface area contributed by atoms with Crippen molar-refractivity contribution in [1.82, 2.24) is 0 Å². The molecule has 0 saturated heterocycles. The fourth-order valence-corrected chi connectivity index (χ4v) is 0.248. The van der Waals surface area contributed by atoms with Crippen molar-refractivity contribution in [3.8, 4) is 0 Å². The average molecular weight is 236 g/mol. The van der Waals surface area contributed by atoms with Gasteiger partial charge in [0, 0.05) is 0 Å². The second-order valence-electron chi connectivity index (χ2n) is 2.10. The summed E-state index contributed by atoms with van der Waals surface area (Å²) in [4.78, 5) is 42.3. The Morgan fingerprint density at radius 1 is 0.938 bits per heavy atom. The number of hydrogen-bond acceptors (Lipinski definition) is 8. The van der Waals surface area contributed by atoms with E-state index in [0.29, 0.717) is 0 Å². The Morgan fingerprint density at radius 2 is 1.12 bits per heavy atom. The molecule has 0 atom stereocenters. The van der Waals surface area contributed by atoms with Crippen molar-refractivity contribution in [2.24, 2.45) is 9.98 Å². The van der Waals surface area contributed by atoms with Crippen LogP contribution < -0.4 is 29.6 Å². The van der Waals surface area contributed by atoms with E-state index in [2.05, 4.69) is 9.98 Å². The molecule has 82 valence electrons. The van der Waals surface area contributed by atoms with E-state index >= 15 is 0 Å². The molecule has 0 heterocycles. The van der Waals surface area contributed by atoms with Gasteiger partial charge in [-0.3, -0.25) is 0 Å². The first-order valence-corrected chi connectivity index (χ1v) is 3.21. The Kier molecular flexibility index (Phi) is 28.7. The molecule has 0 aliphatic heterocycles. The van der Waals surface area contributed by atoms with Crippen molar-refractivity contribution in [3.05, 3.63) is 0 Å². The van der Waals surface area contributed by atoms with Crippen molar-refractivity contribution in [1.29, 1.82) is 10.8 Å². The summed E-state index contributed by atoms with van der Waals surface area (Å²) in [5, 5.41) is 10.8. The molecule has 0 radical (unpaired) electrons. The molecule has 0 bridgehead atoms. The number of aliphatic imine (C=N–C) groups is 2. The zero-order chi connectivity index (χ0) is 12.7. The zero-order valence-corrected chi connectivity index (χ0v) is 11.0. The second kappa shape index (κ2) is 19.1. The molecule has 9 heteroatoms. The molecule has 0 aromatic carbocycles. The van der Waals surface area contributed by atoms with Gasteiger partial charge in [-0.15, -0.1) is 0 Å². The van der Waals surface area contributed by atoms with Crippen LogP contribution in [-0.2, 0) is 19.2 Å². The predicted octanol–water partition coefficient (Wildman–Crippen LogP) is -2.69. The molecule has 0 amide bonds. The Bertz CT molecular complexity index is 304. The van der Waals surface area contributed by atoms with E-state index in [0.717, 1.165) is 12.2 Å². The van der Waals surface area contributed by atoms with E-state index in [-0.39, 0.29) is 31.0 Å². The summed E-state index contributed by atoms with van der Waals surface area (Å²) in [5.41, 5.74) is -0.997. The zero-order valence-electron chi connectivity index (χ0n) is 10.0. The van der Waals surface area contributed by atoms with Crippen LogP contribution in [0.1, 0.15) is 15.3 Å². The Balaban J connectivity index is -0.0000000514. The van der Waals surface area contributed by atoms with Gasteiger partial charge in [0.2, 0.25) is 24.3 Å². The summed E-state index contributed by atoms with van der Waals surface area (Å²) in [5.74, 6) is 0. The maximum Gasteiger partial charge on any atom is 1.00 e. The van der Waals surface area contributed by atoms with Crippen molar-refractivity contribution < 1.29 is 50.2 Å². The van der Waals surface area contributed by atoms with Gasteiger partial charge < -0.3 is 1.43 Å². The fourth-order valence-electron chi connectivity index (χ4n) is 0.248. The minimum Gasteiger partial charge on any atom is -1.00 e. The first-order chi connectivity index (χ1) is 6.95. The van der Waals surface area contributed by atoms with Crippen LogP contribution in [0.2, 0.25) is 0 Å². The molecule has 0 fully saturated rings. The minimum absolute atomic E-state index is 0. The molecule has 0 aromatic rings. The van der Waals surface area contributed by atoms with Gasteiger partial charge >= 0.3 is 29.6 Å². The van der Waals surface area contributed by atoms with Gasteiger partial charge in [0.15, 0.2) is 5.66 Å². The van der Waals surface area contributed by atoms with E-state index in [1.807, 2.05) is 0 Å². The third-order valence-corrected chi connectivity index (χ3v) is 0.639. The number of isocyanates is 4. The topological polar surface area (TPSA) is 141 Å². The average Bonchev–Trinajstić information content (AvgIpc) is 2.06. The molecule has 8 nitrogen and oxygen atoms in total. The summed E-state index contributed by atoms with van der Waals surface area (Å²) < 4.78 is 0. The normalized spacial score (nSPS) is 6.12. The first kappa shape index (κ1) is 24.0. The SMILES string of the molecule is CC(C)(N=C=O)N=C=O.N=C=O.N=C=O.[H-].[Na+]. The molecular weight excluding hydrogens is 227 g/mol. The number of nitrogens with zero attached hydrogens (tertiary/aromatic N) is 2. The standard InChI is InChI=1S/C5H6N2O2.2CHNO.Na.H/c1-5(2,6-3-8)7-4-9;2*2-1-3;;/h1-2H3;2*2H;;/q;;;+1;-1. The first-order valence-electron chi connectivity index (χ1n) is 3.21. The Morgan fingerprint density at radius 3 is 1.25 bits per heavy atom. The smallest absolute Gasteiger partial charge is 1.00 e. The molecule has 0 saturated carbocycles. The number of hydrogen-bond donors (Lipinski definition) is 2. The minimum atomic E-state index is -0.997. The van der Waals surface area contributed by atoms with Crippen molar-refractivity contribution in [3.63, 3.8) is 0 Å². The third kappa shape index (κ3) is 39.1. The summed E-state index contributed by atoms with van der Waals surface area (Å²) in [6.07, 6.45) is 4.09. The van der Waals surface area contributed by atoms with Gasteiger partial charge in [0.05, 0.1) is 0 Å². The van der Waals surface area contributed by atoms with Crippen LogP contribution in [0.4, 0.5) is 0 Å². The molecule has 0 aliphatic carbocycles. The van der Waals surface area contributed by atoms with Gasteiger partial charge in [-0.1, -0.05) is 0 Å².